The van der Waals surface area contributed by atoms with E-state index in [2.05, 4.69) is 181 Å². The Labute approximate surface area is 488 Å². The third kappa shape index (κ3) is 12.9. The number of hydrogen-bond acceptors (Lipinski definition) is 6. The largest absolute Gasteiger partial charge is 0.550 e. The fraction of sp³-hybridized carbons (Fsp3) is 0.406. The van der Waals surface area contributed by atoms with Gasteiger partial charge in [-0.25, -0.2) is 9.57 Å². The van der Waals surface area contributed by atoms with Crippen LogP contribution in [0.4, 0.5) is 11.4 Å². The van der Waals surface area contributed by atoms with Crippen molar-refractivity contribution in [2.45, 2.75) is 122 Å². The molecule has 2 aliphatic carbocycles. The maximum absolute atomic E-state index is 13.8. The third-order valence-electron chi connectivity index (χ3n) is 16.8. The summed E-state index contributed by atoms with van der Waals surface area (Å²) in [5.41, 5.74) is 17.8. The number of fused-ring (bicyclic) bond motifs is 4. The van der Waals surface area contributed by atoms with Gasteiger partial charge in [0.25, 0.3) is 11.8 Å². The molecule has 2 amide bonds. The molecule has 10 nitrogen and oxygen atoms in total. The molecule has 4 aromatic carbocycles. The first-order valence-corrected chi connectivity index (χ1v) is 35.5. The highest BCUT2D eigenvalue weighted by atomic mass is 28.3. The van der Waals surface area contributed by atoms with Gasteiger partial charge in [-0.2, -0.15) is 0 Å². The molecule has 0 unspecified atom stereocenters. The van der Waals surface area contributed by atoms with E-state index in [4.69, 9.17) is 0 Å². The number of benzene rings is 4. The molecule has 0 bridgehead atoms. The average Bonchev–Trinajstić information content (AvgIpc) is 3.53. The van der Waals surface area contributed by atoms with Crippen LogP contribution in [-0.2, 0) is 4.79 Å². The first kappa shape index (κ1) is 63.3. The number of nitrogens with one attached hydrogen (secondary N) is 2. The Hall–Kier alpha value is -6.90. The van der Waals surface area contributed by atoms with Crippen molar-refractivity contribution in [2.75, 3.05) is 76.7 Å². The summed E-state index contributed by atoms with van der Waals surface area (Å²) in [5.74, 6) is -1.12. The normalized spacial score (nSPS) is 15.8. The average molecular weight is 1130 g/mol. The van der Waals surface area contributed by atoms with E-state index in [1.807, 2.05) is 48.3 Å². The van der Waals surface area contributed by atoms with Gasteiger partial charge in [0.1, 0.15) is 35.8 Å². The van der Waals surface area contributed by atoms with E-state index in [0.29, 0.717) is 18.5 Å². The van der Waals surface area contributed by atoms with Gasteiger partial charge in [0.2, 0.25) is 5.71 Å². The fourth-order valence-electron chi connectivity index (χ4n) is 12.1. The number of nitrogens with zero attached hydrogens (tertiary/aromatic N) is 4. The van der Waals surface area contributed by atoms with E-state index in [0.717, 1.165) is 92.3 Å². The van der Waals surface area contributed by atoms with Gasteiger partial charge in [0.05, 0.1) is 0 Å². The van der Waals surface area contributed by atoms with Crippen LogP contribution in [0.3, 0.4) is 0 Å². The molecule has 0 saturated heterocycles. The topological polar surface area (TPSA) is 113 Å². The highest BCUT2D eigenvalue weighted by Gasteiger charge is 2.43. The van der Waals surface area contributed by atoms with Crippen molar-refractivity contribution in [1.29, 1.82) is 0 Å². The van der Waals surface area contributed by atoms with Gasteiger partial charge in [0.15, 0.2) is 5.71 Å². The van der Waals surface area contributed by atoms with E-state index in [1.165, 1.54) is 71.1 Å². The molecular weight excluding hydrogens is 1030 g/mol. The molecule has 0 atom stereocenters. The number of carboxylic acids is 1. The predicted octanol–water partition coefficient (Wildman–Crippen LogP) is 10.0. The fourth-order valence-corrected chi connectivity index (χ4v) is 18.2. The lowest BCUT2D eigenvalue weighted by atomic mass is 9.85. The van der Waals surface area contributed by atoms with Gasteiger partial charge in [-0.15, -0.1) is 0 Å². The number of anilines is 2. The van der Waals surface area contributed by atoms with Crippen molar-refractivity contribution < 1.29 is 29.1 Å². The molecule has 0 fully saturated rings. The molecule has 430 valence electrons. The maximum atomic E-state index is 13.8. The molecule has 4 aromatic rings. The van der Waals surface area contributed by atoms with Gasteiger partial charge < -0.3 is 29.9 Å². The summed E-state index contributed by atoms with van der Waals surface area (Å²) in [6.07, 6.45) is 14.1. The van der Waals surface area contributed by atoms with E-state index >= 15 is 0 Å². The minimum Gasteiger partial charge on any atom is -0.550 e. The summed E-state index contributed by atoms with van der Waals surface area (Å²) in [6.45, 7) is 36.2. The summed E-state index contributed by atoms with van der Waals surface area (Å²) >= 11 is 0. The highest BCUT2D eigenvalue weighted by molar-refractivity contribution is 6.98. The van der Waals surface area contributed by atoms with Crippen molar-refractivity contribution in [3.8, 4) is 0 Å². The summed E-state index contributed by atoms with van der Waals surface area (Å²) in [7, 11) is -0.522. The lowest BCUT2D eigenvalue weighted by Gasteiger charge is -2.39. The van der Waals surface area contributed by atoms with E-state index in [-0.39, 0.29) is 25.7 Å². The third-order valence-corrected chi connectivity index (χ3v) is 23.8. The number of carbonyl (C=O) groups excluding carboxylic acids is 3. The second-order valence-electron chi connectivity index (χ2n) is 22.7. The van der Waals surface area contributed by atoms with Crippen molar-refractivity contribution in [3.05, 3.63) is 175 Å². The molecule has 2 aliphatic heterocycles. The monoisotopic (exact) mass is 1130 g/mol. The number of unbranched alkanes of at least 4 members (excludes halogenated alkanes) is 1. The van der Waals surface area contributed by atoms with Gasteiger partial charge in [-0.1, -0.05) is 89.4 Å². The molecule has 8 rings (SSSR count). The van der Waals surface area contributed by atoms with Crippen LogP contribution in [0.25, 0.3) is 11.1 Å². The van der Waals surface area contributed by atoms with Gasteiger partial charge in [-0.05, 0) is 194 Å². The van der Waals surface area contributed by atoms with E-state index < -0.39 is 22.1 Å². The van der Waals surface area contributed by atoms with Gasteiger partial charge in [-0.3, -0.25) is 9.59 Å². The van der Waals surface area contributed by atoms with Crippen molar-refractivity contribution >= 4 is 78.2 Å². The summed E-state index contributed by atoms with van der Waals surface area (Å²) < 4.78 is 2.44. The van der Waals surface area contributed by atoms with Crippen molar-refractivity contribution in [2.24, 2.45) is 0 Å². The van der Waals surface area contributed by atoms with Crippen LogP contribution in [0.2, 0.25) is 26.2 Å². The molecule has 0 spiro atoms. The summed E-state index contributed by atoms with van der Waals surface area (Å²) in [5, 5.41) is 20.1. The lowest BCUT2D eigenvalue weighted by molar-refractivity contribution is -0.519. The first-order chi connectivity index (χ1) is 38.2. The Kier molecular flexibility index (Phi) is 21.3. The number of aryl methyl sites for hydroxylation is 1. The second-order valence-corrected chi connectivity index (χ2v) is 31.3. The van der Waals surface area contributed by atoms with E-state index in [9.17, 15) is 19.5 Å². The van der Waals surface area contributed by atoms with Gasteiger partial charge >= 0.3 is 0 Å². The van der Waals surface area contributed by atoms with Gasteiger partial charge in [0, 0.05) is 99.1 Å². The van der Waals surface area contributed by atoms with Crippen molar-refractivity contribution in [3.63, 3.8) is 0 Å². The number of aliphatic carboxylic acids is 1. The Morgan fingerprint density at radius 2 is 1.20 bits per heavy atom. The zero-order valence-corrected chi connectivity index (χ0v) is 52.8. The lowest BCUT2D eigenvalue weighted by Crippen LogP contribution is -2.72. The molecule has 81 heavy (non-hydrogen) atoms. The smallest absolute Gasteiger partial charge is 0.254 e. The number of allylic oxidation sites excluding steroid dienone is 10. The quantitative estimate of drug-likeness (QED) is 0.0715. The molecule has 2 heterocycles. The molecule has 0 aromatic heterocycles. The number of hydrogen-bond donors (Lipinski definition) is 2. The van der Waals surface area contributed by atoms with Crippen LogP contribution in [-0.4, -0.2) is 126 Å². The number of amides is 2. The van der Waals surface area contributed by atoms with Crippen LogP contribution in [0, 0.1) is 6.92 Å². The first-order valence-electron chi connectivity index (χ1n) is 29.5. The number of carbonyl (C=O) groups is 3. The molecule has 2 N–H and O–H groups in total. The minimum atomic E-state index is -2.13. The van der Waals surface area contributed by atoms with Crippen LogP contribution in [0.15, 0.2) is 136 Å². The zero-order chi connectivity index (χ0) is 58.2. The zero-order valence-electron chi connectivity index (χ0n) is 50.8. The highest BCUT2D eigenvalue weighted by Crippen LogP contribution is 2.45. The second kappa shape index (κ2) is 27.2. The molecular formula is C69H93N6O4Si2+. The number of rotatable bonds is 19. The molecule has 12 heteroatoms. The maximum Gasteiger partial charge on any atom is 0.254 e. The molecule has 4 aliphatic rings. The predicted molar refractivity (Wildman–Crippen MR) is 346 cm³/mol. The van der Waals surface area contributed by atoms with Crippen LogP contribution in [0.1, 0.15) is 137 Å². The summed E-state index contributed by atoms with van der Waals surface area (Å²) in [6, 6.07) is 27.8. The Balaban J connectivity index is 0.000000258. The number of carboxylic acid groups (broad SMARTS) is 1. The molecule has 0 radical (unpaired) electrons. The standard InChI is InChI=1S/C35H48N3OSi.C33H41N3O3Si.CH4/c1-9-14-23-36(6)35(39)29-18-16-15-17-28(29)34-30-21-19-26(37(10-2)11-3)24-32(30)40(7,8)33-25-27(20-22-31(33)34)38(12-4)13-5;1-8-34-27-19-29-25(17-21(27)3)32(26-18-22(4)28(35-9-2)20-30(26)40(29,6)7)23-13-10-11-14-24(23)33(39)36(5)16-12-15-31(37)38;/h15-22,24-25H,9-14,23H2,1-8H3;10-11,13-14,17-20,34H,8-9,12,15-16H2,1-7H3,(H,37,38);1H4/q+1;;. The SMILES string of the molecule is C.CCCCN(C)C(=O)c1ccccc1C1=C2C=CC(=[N+](CC)CC)C=C2[Si](C)(C)c2cc(N(CC)CC)ccc21.CCNc1cc2c(cc1C)C(c1ccccc1C(=O)N(C)CCCC(=O)[O-])=C1C=C(C)C(=[NH+]CC)C=C1[Si]2(C)C. The Morgan fingerprint density at radius 3 is 1.74 bits per heavy atom. The van der Waals surface area contributed by atoms with Crippen LogP contribution < -0.4 is 30.7 Å². The van der Waals surface area contributed by atoms with Crippen LogP contribution >= 0.6 is 0 Å². The van der Waals surface area contributed by atoms with Crippen molar-refractivity contribution in [1.82, 2.24) is 9.80 Å². The van der Waals surface area contributed by atoms with E-state index in [1.54, 1.807) is 11.9 Å². The van der Waals surface area contributed by atoms with Crippen LogP contribution in [0.5, 0.6) is 0 Å². The minimum absolute atomic E-state index is 0. The molecule has 0 saturated carbocycles. The summed E-state index contributed by atoms with van der Waals surface area (Å²) in [4.78, 5) is 48.0. The Bertz CT molecular complexity index is 3300. The Morgan fingerprint density at radius 1 is 0.642 bits per heavy atom.